The highest BCUT2D eigenvalue weighted by Gasteiger charge is 2.13. The van der Waals surface area contributed by atoms with E-state index in [0.29, 0.717) is 12.1 Å². The van der Waals surface area contributed by atoms with Crippen molar-refractivity contribution < 1.29 is 4.42 Å². The maximum atomic E-state index is 12.1. The van der Waals surface area contributed by atoms with Crippen LogP contribution in [0.15, 0.2) is 81.8 Å². The first-order valence-corrected chi connectivity index (χ1v) is 9.42. The summed E-state index contributed by atoms with van der Waals surface area (Å²) in [6.07, 6.45) is 1.90. The van der Waals surface area contributed by atoms with E-state index in [1.54, 1.807) is 17.4 Å². The van der Waals surface area contributed by atoms with Crippen molar-refractivity contribution in [3.8, 4) is 0 Å². The Hall–Kier alpha value is -2.69. The molecule has 0 saturated carbocycles. The van der Waals surface area contributed by atoms with Crippen molar-refractivity contribution in [3.63, 3.8) is 0 Å². The lowest BCUT2D eigenvalue weighted by atomic mass is 10.0. The molecule has 2 aromatic carbocycles. The Morgan fingerprint density at radius 3 is 2.77 bits per heavy atom. The molecule has 0 radical (unpaired) electrons. The van der Waals surface area contributed by atoms with Gasteiger partial charge in [-0.05, 0) is 33.8 Å². The highest BCUT2D eigenvalue weighted by atomic mass is 32.1. The molecule has 0 bridgehead atoms. The number of hydrogen-bond acceptors (Lipinski definition) is 4. The van der Waals surface area contributed by atoms with Gasteiger partial charge in [0.25, 0.3) is 0 Å². The summed E-state index contributed by atoms with van der Waals surface area (Å²) in [5, 5.41) is 5.35. The van der Waals surface area contributed by atoms with Crippen LogP contribution in [0.25, 0.3) is 21.7 Å². The molecule has 26 heavy (non-hydrogen) atoms. The summed E-state index contributed by atoms with van der Waals surface area (Å²) in [7, 11) is 0. The second-order valence-corrected chi connectivity index (χ2v) is 7.32. The SMILES string of the molecule is C=CCN(Cc1cccs1)Cc1cc(=O)oc2ccc3ccccc3c12. The fourth-order valence-electron chi connectivity index (χ4n) is 3.38. The molecule has 4 rings (SSSR count). The molecular weight excluding hydrogens is 342 g/mol. The fraction of sp³-hybridized carbons (Fsp3) is 0.136. The van der Waals surface area contributed by atoms with Gasteiger partial charge in [-0.3, -0.25) is 4.90 Å². The lowest BCUT2D eigenvalue weighted by Gasteiger charge is -2.21. The fourth-order valence-corrected chi connectivity index (χ4v) is 4.12. The minimum atomic E-state index is -0.308. The minimum Gasteiger partial charge on any atom is -0.423 e. The van der Waals surface area contributed by atoms with Crippen LogP contribution >= 0.6 is 11.3 Å². The quantitative estimate of drug-likeness (QED) is 0.269. The minimum absolute atomic E-state index is 0.308. The third-order valence-corrected chi connectivity index (χ3v) is 5.32. The molecule has 3 nitrogen and oxygen atoms in total. The molecule has 2 aromatic heterocycles. The van der Waals surface area contributed by atoms with Crippen LogP contribution in [0.2, 0.25) is 0 Å². The van der Waals surface area contributed by atoms with Crippen molar-refractivity contribution in [1.29, 1.82) is 0 Å². The molecule has 2 heterocycles. The van der Waals surface area contributed by atoms with E-state index < -0.39 is 0 Å². The van der Waals surface area contributed by atoms with Crippen molar-refractivity contribution in [3.05, 3.63) is 93.5 Å². The molecule has 0 amide bonds. The standard InChI is InChI=1S/C22H19NO2S/c1-2-11-23(15-18-7-5-12-26-18)14-17-13-21(24)25-20-10-9-16-6-3-4-8-19(16)22(17)20/h2-10,12-13H,1,11,14-15H2. The lowest BCUT2D eigenvalue weighted by molar-refractivity contribution is 0.289. The predicted octanol–water partition coefficient (Wildman–Crippen LogP) is 5.20. The molecule has 0 aliphatic carbocycles. The van der Waals surface area contributed by atoms with E-state index in [9.17, 15) is 4.79 Å². The summed E-state index contributed by atoms with van der Waals surface area (Å²) in [6.45, 7) is 6.13. The van der Waals surface area contributed by atoms with Gasteiger partial charge in [0.2, 0.25) is 0 Å². The molecule has 4 aromatic rings. The Kier molecular flexibility index (Phi) is 4.69. The van der Waals surface area contributed by atoms with Crippen molar-refractivity contribution in [1.82, 2.24) is 4.90 Å². The second kappa shape index (κ2) is 7.28. The van der Waals surface area contributed by atoms with E-state index >= 15 is 0 Å². The van der Waals surface area contributed by atoms with Gasteiger partial charge in [-0.25, -0.2) is 4.79 Å². The molecule has 0 saturated heterocycles. The van der Waals surface area contributed by atoms with E-state index in [2.05, 4.69) is 41.1 Å². The summed E-state index contributed by atoms with van der Waals surface area (Å²) in [4.78, 5) is 15.7. The Balaban J connectivity index is 1.82. The predicted molar refractivity (Wildman–Crippen MR) is 109 cm³/mol. The van der Waals surface area contributed by atoms with Gasteiger partial charge in [-0.1, -0.05) is 42.5 Å². The summed E-state index contributed by atoms with van der Waals surface area (Å²) in [5.41, 5.74) is 1.32. The first kappa shape index (κ1) is 16.8. The summed E-state index contributed by atoms with van der Waals surface area (Å²) in [5.74, 6) is 0. The van der Waals surface area contributed by atoms with Crippen molar-refractivity contribution in [2.45, 2.75) is 13.1 Å². The number of fused-ring (bicyclic) bond motifs is 3. The maximum Gasteiger partial charge on any atom is 0.336 e. The second-order valence-electron chi connectivity index (χ2n) is 6.29. The van der Waals surface area contributed by atoms with Crippen LogP contribution in [0.1, 0.15) is 10.4 Å². The van der Waals surface area contributed by atoms with Gasteiger partial charge in [-0.15, -0.1) is 17.9 Å². The van der Waals surface area contributed by atoms with E-state index in [4.69, 9.17) is 4.42 Å². The first-order valence-electron chi connectivity index (χ1n) is 8.55. The zero-order valence-electron chi connectivity index (χ0n) is 14.4. The van der Waals surface area contributed by atoms with Crippen LogP contribution in [0.5, 0.6) is 0 Å². The topological polar surface area (TPSA) is 33.5 Å². The van der Waals surface area contributed by atoms with Gasteiger partial charge in [0.1, 0.15) is 5.58 Å². The van der Waals surface area contributed by atoms with Crippen LogP contribution in [0.3, 0.4) is 0 Å². The molecule has 0 spiro atoms. The smallest absolute Gasteiger partial charge is 0.336 e. The van der Waals surface area contributed by atoms with E-state index in [-0.39, 0.29) is 5.63 Å². The largest absolute Gasteiger partial charge is 0.423 e. The lowest BCUT2D eigenvalue weighted by Crippen LogP contribution is -2.23. The summed E-state index contributed by atoms with van der Waals surface area (Å²) >= 11 is 1.74. The van der Waals surface area contributed by atoms with Crippen LogP contribution in [0.4, 0.5) is 0 Å². The highest BCUT2D eigenvalue weighted by molar-refractivity contribution is 7.09. The van der Waals surface area contributed by atoms with Gasteiger partial charge in [0, 0.05) is 36.0 Å². The van der Waals surface area contributed by atoms with Gasteiger partial charge < -0.3 is 4.42 Å². The highest BCUT2D eigenvalue weighted by Crippen LogP contribution is 2.28. The van der Waals surface area contributed by atoms with Crippen LogP contribution < -0.4 is 5.63 Å². The van der Waals surface area contributed by atoms with E-state index in [0.717, 1.165) is 34.8 Å². The molecule has 0 unspecified atom stereocenters. The maximum absolute atomic E-state index is 12.1. The van der Waals surface area contributed by atoms with Crippen LogP contribution in [-0.2, 0) is 13.1 Å². The van der Waals surface area contributed by atoms with E-state index in [1.165, 1.54) is 4.88 Å². The molecule has 0 aliphatic rings. The van der Waals surface area contributed by atoms with Crippen LogP contribution in [0, 0.1) is 0 Å². The molecule has 4 heteroatoms. The van der Waals surface area contributed by atoms with Gasteiger partial charge in [-0.2, -0.15) is 0 Å². The monoisotopic (exact) mass is 361 g/mol. The molecule has 0 fully saturated rings. The summed E-state index contributed by atoms with van der Waals surface area (Å²) < 4.78 is 5.47. The first-order chi connectivity index (χ1) is 12.7. The normalized spacial score (nSPS) is 11.4. The van der Waals surface area contributed by atoms with Crippen LogP contribution in [-0.4, -0.2) is 11.4 Å². The Labute approximate surface area is 155 Å². The van der Waals surface area contributed by atoms with Crippen molar-refractivity contribution in [2.24, 2.45) is 0 Å². The summed E-state index contributed by atoms with van der Waals surface area (Å²) in [6, 6.07) is 17.9. The van der Waals surface area contributed by atoms with Gasteiger partial charge >= 0.3 is 5.63 Å². The number of nitrogens with zero attached hydrogens (tertiary/aromatic N) is 1. The zero-order chi connectivity index (χ0) is 17.9. The van der Waals surface area contributed by atoms with Crippen molar-refractivity contribution >= 4 is 33.1 Å². The average Bonchev–Trinajstić information content (AvgIpc) is 3.14. The van der Waals surface area contributed by atoms with E-state index in [1.807, 2.05) is 30.3 Å². The molecular formula is C22H19NO2S. The number of rotatable bonds is 6. The Morgan fingerprint density at radius 2 is 1.96 bits per heavy atom. The molecule has 0 aliphatic heterocycles. The van der Waals surface area contributed by atoms with Gasteiger partial charge in [0.05, 0.1) is 0 Å². The number of thiophene rings is 1. The molecule has 130 valence electrons. The number of benzene rings is 2. The third-order valence-electron chi connectivity index (χ3n) is 4.46. The third kappa shape index (κ3) is 3.34. The molecule has 0 atom stereocenters. The Morgan fingerprint density at radius 1 is 1.08 bits per heavy atom. The van der Waals surface area contributed by atoms with Gasteiger partial charge in [0.15, 0.2) is 0 Å². The average molecular weight is 361 g/mol. The Bertz CT molecular complexity index is 1110. The number of hydrogen-bond donors (Lipinski definition) is 0. The van der Waals surface area contributed by atoms with Crippen molar-refractivity contribution in [2.75, 3.05) is 6.54 Å². The zero-order valence-corrected chi connectivity index (χ0v) is 15.2. The molecule has 0 N–H and O–H groups in total.